The van der Waals surface area contributed by atoms with Gasteiger partial charge in [-0.3, -0.25) is 4.79 Å². The van der Waals surface area contributed by atoms with E-state index in [1.807, 2.05) is 19.1 Å². The van der Waals surface area contributed by atoms with E-state index in [1.165, 1.54) is 4.90 Å². The molecule has 2 aliphatic heterocycles. The van der Waals surface area contributed by atoms with Crippen LogP contribution in [0.1, 0.15) is 6.92 Å². The van der Waals surface area contributed by atoms with Gasteiger partial charge in [0, 0.05) is 11.8 Å². The molecule has 6 nitrogen and oxygen atoms in total. The number of benzene rings is 1. The van der Waals surface area contributed by atoms with Crippen LogP contribution in [0, 0.1) is 0 Å². The van der Waals surface area contributed by atoms with Crippen LogP contribution in [0.25, 0.3) is 0 Å². The van der Waals surface area contributed by atoms with Gasteiger partial charge in [-0.15, -0.1) is 0 Å². The number of amides is 1. The molecule has 1 aromatic rings. The maximum Gasteiger partial charge on any atom is 0.282 e. The van der Waals surface area contributed by atoms with Crippen molar-refractivity contribution in [1.29, 1.82) is 0 Å². The molecule has 1 saturated heterocycles. The molecular weight excluding hydrogens is 260 g/mol. The predicted molar refractivity (Wildman–Crippen MR) is 72.2 cm³/mol. The van der Waals surface area contributed by atoms with Crippen LogP contribution < -0.4 is 19.7 Å². The molecule has 20 heavy (non-hydrogen) atoms. The second kappa shape index (κ2) is 5.68. The number of hydrogen-bond donors (Lipinski definition) is 2. The van der Waals surface area contributed by atoms with Gasteiger partial charge in [-0.2, -0.15) is 0 Å². The van der Waals surface area contributed by atoms with Crippen molar-refractivity contribution in [3.8, 4) is 11.5 Å². The Morgan fingerprint density at radius 2 is 2.00 bits per heavy atom. The number of anilines is 1. The molecule has 3 rings (SSSR count). The summed E-state index contributed by atoms with van der Waals surface area (Å²) in [4.78, 5) is 13.5. The van der Waals surface area contributed by atoms with Crippen molar-refractivity contribution < 1.29 is 23.9 Å². The smallest absolute Gasteiger partial charge is 0.282 e. The fourth-order valence-electron chi connectivity index (χ4n) is 2.48. The van der Waals surface area contributed by atoms with E-state index in [4.69, 9.17) is 14.2 Å². The molecule has 6 heteroatoms. The minimum atomic E-state index is -0.0932. The van der Waals surface area contributed by atoms with E-state index in [9.17, 15) is 4.79 Å². The van der Waals surface area contributed by atoms with Gasteiger partial charge in [-0.25, -0.2) is 0 Å². The van der Waals surface area contributed by atoms with Gasteiger partial charge in [0.2, 0.25) is 6.79 Å². The number of quaternary nitrogens is 1. The highest BCUT2D eigenvalue weighted by Crippen LogP contribution is 2.34. The van der Waals surface area contributed by atoms with Crippen molar-refractivity contribution in [3.05, 3.63) is 18.2 Å². The Hall–Kier alpha value is -1.79. The second-order valence-electron chi connectivity index (χ2n) is 5.05. The first-order valence-electron chi connectivity index (χ1n) is 6.87. The lowest BCUT2D eigenvalue weighted by Crippen LogP contribution is -3.18. The summed E-state index contributed by atoms with van der Waals surface area (Å²) >= 11 is 0. The number of ether oxygens (including phenoxy) is 3. The van der Waals surface area contributed by atoms with Crippen LogP contribution in [0.4, 0.5) is 5.69 Å². The first-order valence-corrected chi connectivity index (χ1v) is 6.87. The monoisotopic (exact) mass is 279 g/mol. The molecule has 0 aromatic heterocycles. The zero-order chi connectivity index (χ0) is 13.9. The van der Waals surface area contributed by atoms with Gasteiger partial charge in [0.05, 0.1) is 13.2 Å². The first-order chi connectivity index (χ1) is 9.74. The molecule has 1 aromatic carbocycles. The highest BCUT2D eigenvalue weighted by atomic mass is 16.7. The summed E-state index contributed by atoms with van der Waals surface area (Å²) < 4.78 is 15.9. The highest BCUT2D eigenvalue weighted by molar-refractivity contribution is 5.93. The molecule has 108 valence electrons. The molecule has 0 unspecified atom stereocenters. The summed E-state index contributed by atoms with van der Waals surface area (Å²) in [5.41, 5.74) is 0.735. The van der Waals surface area contributed by atoms with Gasteiger partial charge in [0.1, 0.15) is 13.1 Å². The van der Waals surface area contributed by atoms with Gasteiger partial charge < -0.3 is 24.4 Å². The predicted octanol–water partition coefficient (Wildman–Crippen LogP) is -0.343. The topological polar surface area (TPSA) is 61.2 Å². The Morgan fingerprint density at radius 3 is 2.80 bits per heavy atom. The lowest BCUT2D eigenvalue weighted by Gasteiger charge is -2.28. The zero-order valence-corrected chi connectivity index (χ0v) is 11.5. The van der Waals surface area contributed by atoms with E-state index in [-0.39, 0.29) is 18.7 Å². The molecule has 1 atom stereocenters. The molecule has 0 saturated carbocycles. The minimum absolute atomic E-state index is 0.0146. The number of carbonyl (C=O) groups excluding carboxylic acids is 1. The Balaban J connectivity index is 1.63. The molecule has 0 spiro atoms. The van der Waals surface area contributed by atoms with E-state index in [2.05, 4.69) is 5.32 Å². The third-order valence-electron chi connectivity index (χ3n) is 3.78. The van der Waals surface area contributed by atoms with Crippen molar-refractivity contribution in [2.75, 3.05) is 38.4 Å². The molecule has 1 fully saturated rings. The van der Waals surface area contributed by atoms with Crippen LogP contribution in [0.5, 0.6) is 11.5 Å². The molecule has 0 radical (unpaired) electrons. The number of morpholine rings is 1. The van der Waals surface area contributed by atoms with Crippen LogP contribution in [-0.4, -0.2) is 45.0 Å². The maximum atomic E-state index is 12.3. The molecule has 0 bridgehead atoms. The first kappa shape index (κ1) is 13.2. The second-order valence-corrected chi connectivity index (χ2v) is 5.05. The minimum Gasteiger partial charge on any atom is -0.454 e. The summed E-state index contributed by atoms with van der Waals surface area (Å²) in [6.45, 7) is 5.36. The standard InChI is InChI=1S/C14H18N2O4/c1-10(16-4-6-18-7-5-16)14(17)15-11-2-3-12-13(8-11)20-9-19-12/h2-3,8,10H,4-7,9H2,1H3,(H,15,17)/p+1/t10-/m1/s1. The average Bonchev–Trinajstić information content (AvgIpc) is 2.95. The summed E-state index contributed by atoms with van der Waals surface area (Å²) in [5.74, 6) is 1.41. The average molecular weight is 279 g/mol. The Kier molecular flexibility index (Phi) is 3.75. The Morgan fingerprint density at radius 1 is 1.25 bits per heavy atom. The summed E-state index contributed by atoms with van der Waals surface area (Å²) in [5, 5.41) is 2.93. The van der Waals surface area contributed by atoms with Crippen LogP contribution in [-0.2, 0) is 9.53 Å². The maximum absolute atomic E-state index is 12.3. The van der Waals surface area contributed by atoms with E-state index < -0.39 is 0 Å². The van der Waals surface area contributed by atoms with E-state index >= 15 is 0 Å². The van der Waals surface area contributed by atoms with Gasteiger partial charge >= 0.3 is 0 Å². The van der Waals surface area contributed by atoms with Gasteiger partial charge in [0.15, 0.2) is 17.5 Å². The fraction of sp³-hybridized carbons (Fsp3) is 0.500. The largest absolute Gasteiger partial charge is 0.454 e. The van der Waals surface area contributed by atoms with Crippen LogP contribution >= 0.6 is 0 Å². The molecule has 1 amide bonds. The van der Waals surface area contributed by atoms with Crippen LogP contribution in [0.15, 0.2) is 18.2 Å². The third kappa shape index (κ3) is 2.71. The molecule has 0 aliphatic carbocycles. The van der Waals surface area contributed by atoms with E-state index in [1.54, 1.807) is 6.07 Å². The lowest BCUT2D eigenvalue weighted by atomic mass is 10.2. The highest BCUT2D eigenvalue weighted by Gasteiger charge is 2.27. The van der Waals surface area contributed by atoms with Crippen molar-refractivity contribution in [2.45, 2.75) is 13.0 Å². The van der Waals surface area contributed by atoms with Crippen molar-refractivity contribution in [1.82, 2.24) is 0 Å². The van der Waals surface area contributed by atoms with Crippen molar-refractivity contribution >= 4 is 11.6 Å². The number of hydrogen-bond acceptors (Lipinski definition) is 4. The number of fused-ring (bicyclic) bond motifs is 1. The SMILES string of the molecule is C[C@H](C(=O)Nc1ccc2c(c1)OCO2)[NH+]1CCOCC1. The molecule has 2 N–H and O–H groups in total. The van der Waals surface area contributed by atoms with Crippen LogP contribution in [0.3, 0.4) is 0 Å². The fourth-order valence-corrected chi connectivity index (χ4v) is 2.48. The number of rotatable bonds is 3. The molecule has 2 aliphatic rings. The quantitative estimate of drug-likeness (QED) is 0.794. The van der Waals surface area contributed by atoms with Gasteiger partial charge in [-0.1, -0.05) is 0 Å². The van der Waals surface area contributed by atoms with Crippen molar-refractivity contribution in [3.63, 3.8) is 0 Å². The summed E-state index contributed by atoms with van der Waals surface area (Å²) in [7, 11) is 0. The molecule has 2 heterocycles. The zero-order valence-electron chi connectivity index (χ0n) is 11.5. The summed E-state index contributed by atoms with van der Waals surface area (Å²) in [6.07, 6.45) is 0. The van der Waals surface area contributed by atoms with Crippen LogP contribution in [0.2, 0.25) is 0 Å². The lowest BCUT2D eigenvalue weighted by molar-refractivity contribution is -0.921. The van der Waals surface area contributed by atoms with E-state index in [0.29, 0.717) is 5.75 Å². The Bertz CT molecular complexity index is 500. The number of carbonyl (C=O) groups is 1. The van der Waals surface area contributed by atoms with Crippen molar-refractivity contribution in [2.24, 2.45) is 0 Å². The number of nitrogens with one attached hydrogen (secondary N) is 2. The Labute approximate surface area is 117 Å². The normalized spacial score (nSPS) is 19.6. The third-order valence-corrected chi connectivity index (χ3v) is 3.78. The van der Waals surface area contributed by atoms with E-state index in [0.717, 1.165) is 37.7 Å². The summed E-state index contributed by atoms with van der Waals surface area (Å²) in [6, 6.07) is 5.34. The van der Waals surface area contributed by atoms with Gasteiger partial charge in [-0.05, 0) is 19.1 Å². The molecular formula is C14H19N2O4+. The van der Waals surface area contributed by atoms with Gasteiger partial charge in [0.25, 0.3) is 5.91 Å².